The van der Waals surface area contributed by atoms with Gasteiger partial charge in [-0.2, -0.15) is 0 Å². The lowest BCUT2D eigenvalue weighted by Gasteiger charge is -2.47. The lowest BCUT2D eigenvalue weighted by Crippen LogP contribution is -2.68. The molecule has 198 valence electrons. The smallest absolute Gasteiger partial charge is 0.268 e. The number of aromatic amines is 1. The summed E-state index contributed by atoms with van der Waals surface area (Å²) < 4.78 is 7.35. The Morgan fingerprint density at radius 1 is 0.974 bits per heavy atom. The highest BCUT2D eigenvalue weighted by molar-refractivity contribution is 6.99. The molecule has 1 saturated carbocycles. The Kier molecular flexibility index (Phi) is 7.51. The minimum Gasteiger partial charge on any atom is -0.404 e. The number of nitrogens with two attached hydrogens (primary N) is 1. The molecular formula is C31H36ClN3O2Si. The van der Waals surface area contributed by atoms with E-state index >= 15 is 0 Å². The van der Waals surface area contributed by atoms with Crippen molar-refractivity contribution < 1.29 is 9.22 Å². The molecule has 1 heterocycles. The van der Waals surface area contributed by atoms with E-state index in [2.05, 4.69) is 91.7 Å². The molecule has 0 bridgehead atoms. The van der Waals surface area contributed by atoms with Crippen molar-refractivity contribution in [3.05, 3.63) is 95.6 Å². The Morgan fingerprint density at radius 2 is 1.61 bits per heavy atom. The van der Waals surface area contributed by atoms with E-state index in [1.165, 1.54) is 10.4 Å². The molecule has 7 heteroatoms. The first-order valence-corrected chi connectivity index (χ1v) is 15.6. The van der Waals surface area contributed by atoms with Crippen LogP contribution in [0.5, 0.6) is 0 Å². The summed E-state index contributed by atoms with van der Waals surface area (Å²) in [5.41, 5.74) is 7.93. The summed E-state index contributed by atoms with van der Waals surface area (Å²) in [6, 6.07) is 28.4. The zero-order valence-corrected chi connectivity index (χ0v) is 24.0. The number of carbonyl (C=O) groups excluding carboxylic acids is 1. The predicted molar refractivity (Wildman–Crippen MR) is 159 cm³/mol. The first kappa shape index (κ1) is 26.7. The molecule has 3 unspecified atom stereocenters. The molecule has 38 heavy (non-hydrogen) atoms. The Hall–Kier alpha value is -2.90. The van der Waals surface area contributed by atoms with E-state index < -0.39 is 8.32 Å². The van der Waals surface area contributed by atoms with Gasteiger partial charge < -0.3 is 20.5 Å². The van der Waals surface area contributed by atoms with Gasteiger partial charge in [-0.15, -0.1) is 0 Å². The largest absolute Gasteiger partial charge is 0.404 e. The van der Waals surface area contributed by atoms with Crippen LogP contribution in [-0.4, -0.2) is 37.4 Å². The molecule has 1 aliphatic carbocycles. The zero-order valence-electron chi connectivity index (χ0n) is 22.2. The second-order valence-electron chi connectivity index (χ2n) is 11.4. The average Bonchev–Trinajstić information content (AvgIpc) is 3.33. The van der Waals surface area contributed by atoms with Crippen molar-refractivity contribution in [3.63, 3.8) is 0 Å². The van der Waals surface area contributed by atoms with Crippen LogP contribution in [0.4, 0.5) is 0 Å². The molecule has 1 amide bonds. The summed E-state index contributed by atoms with van der Waals surface area (Å²) in [6.45, 7) is 6.86. The monoisotopic (exact) mass is 545 g/mol. The first-order chi connectivity index (χ1) is 18.2. The number of hydrogen-bond donors (Lipinski definition) is 3. The number of hydrogen-bond acceptors (Lipinski definition) is 3. The molecule has 4 aromatic rings. The van der Waals surface area contributed by atoms with Gasteiger partial charge in [0.1, 0.15) is 5.69 Å². The van der Waals surface area contributed by atoms with Crippen molar-refractivity contribution >= 4 is 47.1 Å². The van der Waals surface area contributed by atoms with E-state index in [0.29, 0.717) is 17.1 Å². The lowest BCUT2D eigenvalue weighted by molar-refractivity contribution is 0.0841. The lowest BCUT2D eigenvalue weighted by atomic mass is 9.89. The van der Waals surface area contributed by atoms with Crippen LogP contribution >= 0.6 is 11.6 Å². The van der Waals surface area contributed by atoms with Crippen LogP contribution in [0.3, 0.4) is 0 Å². The van der Waals surface area contributed by atoms with Crippen LogP contribution < -0.4 is 21.4 Å². The van der Waals surface area contributed by atoms with Crippen LogP contribution in [0, 0.1) is 0 Å². The number of halogens is 1. The van der Waals surface area contributed by atoms with E-state index in [1.54, 1.807) is 0 Å². The molecule has 3 aromatic carbocycles. The van der Waals surface area contributed by atoms with Crippen molar-refractivity contribution in [3.8, 4) is 0 Å². The minimum atomic E-state index is -2.69. The van der Waals surface area contributed by atoms with Crippen LogP contribution in [0.1, 0.15) is 50.5 Å². The maximum absolute atomic E-state index is 13.2. The number of rotatable bonds is 6. The molecule has 0 aliphatic heterocycles. The number of H-pyrrole nitrogens is 1. The molecule has 4 N–H and O–H groups in total. The van der Waals surface area contributed by atoms with Crippen molar-refractivity contribution in [2.75, 3.05) is 0 Å². The molecular weight excluding hydrogens is 510 g/mol. The predicted octanol–water partition coefficient (Wildman–Crippen LogP) is 5.38. The summed E-state index contributed by atoms with van der Waals surface area (Å²) in [6.07, 6.45) is 2.30. The van der Waals surface area contributed by atoms with Gasteiger partial charge in [-0.05, 0) is 58.9 Å². The van der Waals surface area contributed by atoms with Crippen molar-refractivity contribution in [1.29, 1.82) is 0 Å². The Morgan fingerprint density at radius 3 is 2.21 bits per heavy atom. The average molecular weight is 546 g/mol. The number of aromatic nitrogens is 1. The third-order valence-electron chi connectivity index (χ3n) is 7.76. The first-order valence-electron chi connectivity index (χ1n) is 13.3. The Balaban J connectivity index is 1.42. The number of amides is 1. The second kappa shape index (κ2) is 10.7. The van der Waals surface area contributed by atoms with E-state index in [4.69, 9.17) is 21.8 Å². The fourth-order valence-corrected chi connectivity index (χ4v) is 10.8. The number of carbonyl (C=O) groups is 1. The number of benzene rings is 3. The third-order valence-corrected chi connectivity index (χ3v) is 13.1. The molecule has 1 aromatic heterocycles. The van der Waals surface area contributed by atoms with E-state index in [1.807, 2.05) is 24.3 Å². The highest BCUT2D eigenvalue weighted by Crippen LogP contribution is 2.39. The third kappa shape index (κ3) is 5.18. The van der Waals surface area contributed by atoms with Gasteiger partial charge in [-0.3, -0.25) is 4.79 Å². The van der Waals surface area contributed by atoms with Crippen LogP contribution in [0.15, 0.2) is 84.9 Å². The van der Waals surface area contributed by atoms with Crippen molar-refractivity contribution in [2.24, 2.45) is 5.73 Å². The SMILES string of the molecule is CC(C)(C)[Si](OC1CCC(N)C(NC(=O)c2cc3cc(Cl)ccc3[nH]2)C1)(c1ccccc1)c1ccccc1. The maximum atomic E-state index is 13.2. The van der Waals surface area contributed by atoms with Crippen LogP contribution in [-0.2, 0) is 4.43 Å². The molecule has 1 fully saturated rings. The molecule has 0 saturated heterocycles. The minimum absolute atomic E-state index is 0.0204. The molecule has 0 spiro atoms. The maximum Gasteiger partial charge on any atom is 0.268 e. The highest BCUT2D eigenvalue weighted by atomic mass is 35.5. The quantitative estimate of drug-likeness (QED) is 0.285. The summed E-state index contributed by atoms with van der Waals surface area (Å²) in [5, 5.41) is 7.15. The fourth-order valence-electron chi connectivity index (χ4n) is 5.84. The fraction of sp³-hybridized carbons (Fsp3) is 0.323. The van der Waals surface area contributed by atoms with Gasteiger partial charge >= 0.3 is 0 Å². The Bertz CT molecular complexity index is 1360. The van der Waals surface area contributed by atoms with Crippen LogP contribution in [0.25, 0.3) is 10.9 Å². The van der Waals surface area contributed by atoms with E-state index in [0.717, 1.165) is 23.7 Å². The standard InChI is InChI=1S/C31H36ClN3O2Si/c1-31(2,3)38(24-10-6-4-7-11-24,25-12-8-5-9-13-25)37-23-15-16-26(33)28(20-23)35-30(36)29-19-21-18-22(32)14-17-27(21)34-29/h4-14,17-19,23,26,28,34H,15-16,20,33H2,1-3H3,(H,35,36). The van der Waals surface area contributed by atoms with Gasteiger partial charge in [0.15, 0.2) is 0 Å². The summed E-state index contributed by atoms with van der Waals surface area (Å²) >= 11 is 6.13. The summed E-state index contributed by atoms with van der Waals surface area (Å²) in [7, 11) is -2.69. The highest BCUT2D eigenvalue weighted by Gasteiger charge is 2.52. The molecule has 3 atom stereocenters. The van der Waals surface area contributed by atoms with Crippen molar-refractivity contribution in [2.45, 2.75) is 63.3 Å². The van der Waals surface area contributed by atoms with E-state index in [9.17, 15) is 4.79 Å². The van der Waals surface area contributed by atoms with Gasteiger partial charge in [0.05, 0.1) is 0 Å². The van der Waals surface area contributed by atoms with Gasteiger partial charge in [0.2, 0.25) is 0 Å². The second-order valence-corrected chi connectivity index (χ2v) is 16.1. The molecule has 1 aliphatic rings. The molecule has 0 radical (unpaired) electrons. The molecule has 5 nitrogen and oxygen atoms in total. The van der Waals surface area contributed by atoms with E-state index in [-0.39, 0.29) is 29.1 Å². The van der Waals surface area contributed by atoms with Crippen LogP contribution in [0.2, 0.25) is 10.1 Å². The van der Waals surface area contributed by atoms with Gasteiger partial charge in [0, 0.05) is 34.1 Å². The van der Waals surface area contributed by atoms with Gasteiger partial charge in [-0.25, -0.2) is 0 Å². The van der Waals surface area contributed by atoms with Crippen molar-refractivity contribution in [1.82, 2.24) is 10.3 Å². The summed E-state index contributed by atoms with van der Waals surface area (Å²) in [4.78, 5) is 16.4. The normalized spacial score (nSPS) is 20.4. The summed E-state index contributed by atoms with van der Waals surface area (Å²) in [5.74, 6) is -0.163. The topological polar surface area (TPSA) is 80.1 Å². The Labute approximate surface area is 230 Å². The number of fused-ring (bicyclic) bond motifs is 1. The molecule has 5 rings (SSSR count). The van der Waals surface area contributed by atoms with Gasteiger partial charge in [-0.1, -0.05) is 93.0 Å². The number of nitrogens with one attached hydrogen (secondary N) is 2. The van der Waals surface area contributed by atoms with Gasteiger partial charge in [0.25, 0.3) is 14.2 Å². The zero-order chi connectivity index (χ0) is 26.9.